The van der Waals surface area contributed by atoms with E-state index in [1.54, 1.807) is 19.9 Å². The Morgan fingerprint density at radius 1 is 1.29 bits per heavy atom. The van der Waals surface area contributed by atoms with Gasteiger partial charge < -0.3 is 14.6 Å². The molecule has 94 valence electrons. The summed E-state index contributed by atoms with van der Waals surface area (Å²) in [5.74, 6) is 1.28. The molecule has 1 aromatic rings. The van der Waals surface area contributed by atoms with Crippen LogP contribution >= 0.6 is 11.6 Å². The van der Waals surface area contributed by atoms with Crippen molar-refractivity contribution in [3.63, 3.8) is 0 Å². The SMILES string of the molecule is CCc1c(C(C)(C)O)cc(Cl)c2c1OCCO2. The summed E-state index contributed by atoms with van der Waals surface area (Å²) in [6.07, 6.45) is 0.766. The second kappa shape index (κ2) is 4.39. The van der Waals surface area contributed by atoms with E-state index < -0.39 is 5.60 Å². The molecular weight excluding hydrogens is 240 g/mol. The van der Waals surface area contributed by atoms with Crippen LogP contribution in [0.2, 0.25) is 5.02 Å². The zero-order valence-electron chi connectivity index (χ0n) is 10.3. The molecule has 1 aromatic carbocycles. The van der Waals surface area contributed by atoms with Crippen molar-refractivity contribution >= 4 is 11.6 Å². The third-order valence-corrected chi connectivity index (χ3v) is 3.16. The van der Waals surface area contributed by atoms with Crippen molar-refractivity contribution in [2.75, 3.05) is 13.2 Å². The predicted octanol–water partition coefficient (Wildman–Crippen LogP) is 2.90. The zero-order chi connectivity index (χ0) is 12.6. The van der Waals surface area contributed by atoms with Crippen LogP contribution in [0.3, 0.4) is 0 Å². The Labute approximate surface area is 106 Å². The van der Waals surface area contributed by atoms with Gasteiger partial charge in [-0.15, -0.1) is 0 Å². The fraction of sp³-hybridized carbons (Fsp3) is 0.538. The van der Waals surface area contributed by atoms with Gasteiger partial charge >= 0.3 is 0 Å². The summed E-state index contributed by atoms with van der Waals surface area (Å²) in [6, 6.07) is 1.77. The number of aliphatic hydroxyl groups is 1. The van der Waals surface area contributed by atoms with Gasteiger partial charge in [0.05, 0.1) is 10.6 Å². The molecule has 17 heavy (non-hydrogen) atoms. The van der Waals surface area contributed by atoms with E-state index in [-0.39, 0.29) is 0 Å². The molecule has 4 heteroatoms. The van der Waals surface area contributed by atoms with E-state index in [0.717, 1.165) is 17.5 Å². The molecule has 0 unspecified atom stereocenters. The summed E-state index contributed by atoms with van der Waals surface area (Å²) in [5.41, 5.74) is 0.830. The molecule has 0 bridgehead atoms. The average Bonchev–Trinajstić information content (AvgIpc) is 2.28. The van der Waals surface area contributed by atoms with Gasteiger partial charge in [-0.05, 0) is 31.9 Å². The van der Waals surface area contributed by atoms with Crippen LogP contribution < -0.4 is 9.47 Å². The molecule has 0 fully saturated rings. The number of fused-ring (bicyclic) bond motifs is 1. The number of benzene rings is 1. The smallest absolute Gasteiger partial charge is 0.180 e. The first-order chi connectivity index (χ1) is 7.95. The Balaban J connectivity index is 2.66. The van der Waals surface area contributed by atoms with Gasteiger partial charge in [0.1, 0.15) is 13.2 Å². The Hall–Kier alpha value is -0.930. The molecule has 0 amide bonds. The standard InChI is InChI=1S/C13H17ClO3/c1-4-8-9(13(2,3)15)7-10(14)12-11(8)16-5-6-17-12/h7,15H,4-6H2,1-3H3. The van der Waals surface area contributed by atoms with Crippen molar-refractivity contribution in [2.45, 2.75) is 32.8 Å². The quantitative estimate of drug-likeness (QED) is 0.884. The number of ether oxygens (including phenoxy) is 2. The highest BCUT2D eigenvalue weighted by atomic mass is 35.5. The Morgan fingerprint density at radius 3 is 2.41 bits per heavy atom. The van der Waals surface area contributed by atoms with Crippen molar-refractivity contribution in [3.8, 4) is 11.5 Å². The van der Waals surface area contributed by atoms with Gasteiger partial charge in [0.15, 0.2) is 11.5 Å². The summed E-state index contributed by atoms with van der Waals surface area (Å²) in [4.78, 5) is 0. The van der Waals surface area contributed by atoms with Crippen LogP contribution in [0.4, 0.5) is 0 Å². The molecule has 3 nitrogen and oxygen atoms in total. The maximum atomic E-state index is 10.2. The van der Waals surface area contributed by atoms with E-state index in [4.69, 9.17) is 21.1 Å². The lowest BCUT2D eigenvalue weighted by atomic mass is 9.91. The first-order valence-corrected chi connectivity index (χ1v) is 6.16. The molecular formula is C13H17ClO3. The minimum Gasteiger partial charge on any atom is -0.486 e. The van der Waals surface area contributed by atoms with Crippen molar-refractivity contribution in [1.82, 2.24) is 0 Å². The fourth-order valence-corrected chi connectivity index (χ4v) is 2.37. The van der Waals surface area contributed by atoms with Crippen molar-refractivity contribution in [1.29, 1.82) is 0 Å². The van der Waals surface area contributed by atoms with Crippen LogP contribution in [-0.2, 0) is 12.0 Å². The van der Waals surface area contributed by atoms with Crippen LogP contribution in [0.5, 0.6) is 11.5 Å². The first kappa shape index (κ1) is 12.5. The molecule has 1 heterocycles. The minimum absolute atomic E-state index is 0.494. The normalized spacial score (nSPS) is 14.9. The molecule has 1 N–H and O–H groups in total. The maximum absolute atomic E-state index is 10.2. The lowest BCUT2D eigenvalue weighted by molar-refractivity contribution is 0.0765. The topological polar surface area (TPSA) is 38.7 Å². The molecule has 0 aliphatic carbocycles. The zero-order valence-corrected chi connectivity index (χ0v) is 11.1. The second-order valence-electron chi connectivity index (χ2n) is 4.65. The summed E-state index contributed by atoms with van der Waals surface area (Å²) >= 11 is 6.17. The van der Waals surface area contributed by atoms with Gasteiger partial charge in [0.2, 0.25) is 0 Å². The van der Waals surface area contributed by atoms with Gasteiger partial charge in [-0.1, -0.05) is 18.5 Å². The Morgan fingerprint density at radius 2 is 1.88 bits per heavy atom. The molecule has 1 aliphatic rings. The third kappa shape index (κ3) is 2.22. The van der Waals surface area contributed by atoms with E-state index in [2.05, 4.69) is 0 Å². The molecule has 0 aromatic heterocycles. The summed E-state index contributed by atoms with van der Waals surface area (Å²) in [7, 11) is 0. The largest absolute Gasteiger partial charge is 0.486 e. The van der Waals surface area contributed by atoms with Gasteiger partial charge in [0, 0.05) is 5.56 Å². The average molecular weight is 257 g/mol. The summed E-state index contributed by atoms with van der Waals surface area (Å²) in [6.45, 7) is 6.54. The highest BCUT2D eigenvalue weighted by Crippen LogP contribution is 2.44. The minimum atomic E-state index is -0.940. The van der Waals surface area contributed by atoms with Crippen molar-refractivity contribution in [3.05, 3.63) is 22.2 Å². The van der Waals surface area contributed by atoms with Crippen LogP contribution in [0.25, 0.3) is 0 Å². The second-order valence-corrected chi connectivity index (χ2v) is 5.06. The van der Waals surface area contributed by atoms with Gasteiger partial charge in [-0.3, -0.25) is 0 Å². The maximum Gasteiger partial charge on any atom is 0.180 e. The Bertz CT molecular complexity index is 435. The van der Waals surface area contributed by atoms with Crippen LogP contribution in [0.15, 0.2) is 6.07 Å². The fourth-order valence-electron chi connectivity index (χ4n) is 2.12. The highest BCUT2D eigenvalue weighted by Gasteiger charge is 2.28. The highest BCUT2D eigenvalue weighted by molar-refractivity contribution is 6.32. The molecule has 0 saturated heterocycles. The van der Waals surface area contributed by atoms with E-state index in [1.165, 1.54) is 0 Å². The first-order valence-electron chi connectivity index (χ1n) is 5.79. The lowest BCUT2D eigenvalue weighted by Crippen LogP contribution is -2.22. The molecule has 2 rings (SSSR count). The molecule has 0 radical (unpaired) electrons. The van der Waals surface area contributed by atoms with Crippen molar-refractivity contribution in [2.24, 2.45) is 0 Å². The van der Waals surface area contributed by atoms with E-state index in [1.807, 2.05) is 6.92 Å². The number of hydrogen-bond acceptors (Lipinski definition) is 3. The monoisotopic (exact) mass is 256 g/mol. The molecule has 0 atom stereocenters. The Kier molecular flexibility index (Phi) is 3.23. The predicted molar refractivity (Wildman–Crippen MR) is 67.1 cm³/mol. The van der Waals surface area contributed by atoms with Crippen LogP contribution in [0, 0.1) is 0 Å². The molecule has 0 spiro atoms. The van der Waals surface area contributed by atoms with Gasteiger partial charge in [-0.2, -0.15) is 0 Å². The van der Waals surface area contributed by atoms with Crippen molar-refractivity contribution < 1.29 is 14.6 Å². The van der Waals surface area contributed by atoms with E-state index in [0.29, 0.717) is 29.7 Å². The molecule has 1 aliphatic heterocycles. The summed E-state index contributed by atoms with van der Waals surface area (Å²) in [5, 5.41) is 10.7. The van der Waals surface area contributed by atoms with E-state index in [9.17, 15) is 5.11 Å². The lowest BCUT2D eigenvalue weighted by Gasteiger charge is -2.28. The van der Waals surface area contributed by atoms with Gasteiger partial charge in [0.25, 0.3) is 0 Å². The number of rotatable bonds is 2. The van der Waals surface area contributed by atoms with E-state index >= 15 is 0 Å². The van der Waals surface area contributed by atoms with Crippen LogP contribution in [-0.4, -0.2) is 18.3 Å². The van der Waals surface area contributed by atoms with Crippen LogP contribution in [0.1, 0.15) is 31.9 Å². The molecule has 0 saturated carbocycles. The van der Waals surface area contributed by atoms with Gasteiger partial charge in [-0.25, -0.2) is 0 Å². The third-order valence-electron chi connectivity index (χ3n) is 2.88. The summed E-state index contributed by atoms with van der Waals surface area (Å²) < 4.78 is 11.2. The number of hydrogen-bond donors (Lipinski definition) is 1. The number of halogens is 1.